The Kier molecular flexibility index (Phi) is 14.2. The number of benzene rings is 2. The Morgan fingerprint density at radius 2 is 1.00 bits per heavy atom. The van der Waals surface area contributed by atoms with Gasteiger partial charge in [0, 0.05) is 13.2 Å². The molecule has 0 aromatic heterocycles. The Labute approximate surface area is 154 Å². The minimum Gasteiger partial charge on any atom is -0.478 e. The van der Waals surface area contributed by atoms with Gasteiger partial charge in [0.25, 0.3) is 0 Å². The van der Waals surface area contributed by atoms with E-state index in [4.69, 9.17) is 19.7 Å². The van der Waals surface area contributed by atoms with Crippen molar-refractivity contribution in [3.8, 4) is 0 Å². The smallest absolute Gasteiger partial charge is 0.335 e. The van der Waals surface area contributed by atoms with Crippen LogP contribution in [0.4, 0.5) is 0 Å². The molecular formula is C20H26O6. The van der Waals surface area contributed by atoms with E-state index in [9.17, 15) is 9.59 Å². The van der Waals surface area contributed by atoms with E-state index in [-0.39, 0.29) is 0 Å². The third-order valence-corrected chi connectivity index (χ3v) is 2.82. The molecule has 2 aromatic carbocycles. The summed E-state index contributed by atoms with van der Waals surface area (Å²) in [6.45, 7) is 6.98. The number of hydrogen-bond acceptors (Lipinski definition) is 4. The molecule has 0 radical (unpaired) electrons. The zero-order valence-corrected chi connectivity index (χ0v) is 15.1. The van der Waals surface area contributed by atoms with Gasteiger partial charge in [0.1, 0.15) is 0 Å². The molecule has 0 aliphatic carbocycles. The van der Waals surface area contributed by atoms with Crippen LogP contribution in [0.25, 0.3) is 0 Å². The van der Waals surface area contributed by atoms with Crippen LogP contribution < -0.4 is 0 Å². The van der Waals surface area contributed by atoms with Crippen molar-refractivity contribution in [2.45, 2.75) is 13.8 Å². The van der Waals surface area contributed by atoms with E-state index in [1.165, 1.54) is 0 Å². The topological polar surface area (TPSA) is 93.1 Å². The number of carboxylic acids is 2. The zero-order chi connectivity index (χ0) is 19.6. The van der Waals surface area contributed by atoms with E-state index < -0.39 is 11.9 Å². The number of hydrogen-bond donors (Lipinski definition) is 2. The van der Waals surface area contributed by atoms with Crippen LogP contribution in [0.5, 0.6) is 0 Å². The maximum absolute atomic E-state index is 10.2. The van der Waals surface area contributed by atoms with Gasteiger partial charge in [-0.05, 0) is 38.1 Å². The Bertz CT molecular complexity index is 543. The second-order valence-corrected chi connectivity index (χ2v) is 4.74. The normalized spacial score (nSPS) is 9.15. The summed E-state index contributed by atoms with van der Waals surface area (Å²) >= 11 is 0. The molecule has 0 spiro atoms. The first-order valence-electron chi connectivity index (χ1n) is 8.25. The fourth-order valence-corrected chi connectivity index (χ4v) is 1.57. The Morgan fingerprint density at radius 1 is 0.692 bits per heavy atom. The predicted octanol–water partition coefficient (Wildman–Crippen LogP) is 3.83. The van der Waals surface area contributed by atoms with E-state index in [2.05, 4.69) is 0 Å². The standard InChI is InChI=1S/2C7H6O2.C6H14O2/c2*8-7(9)6-4-2-1-3-5-6;1-3-7-5-6-8-4-2/h2*1-5H,(H,8,9);3-6H2,1-2H3. The number of carboxylic acid groups (broad SMARTS) is 2. The van der Waals surface area contributed by atoms with E-state index in [0.29, 0.717) is 11.1 Å². The molecule has 0 aliphatic heterocycles. The van der Waals surface area contributed by atoms with Gasteiger partial charge >= 0.3 is 11.9 Å². The average molecular weight is 362 g/mol. The van der Waals surface area contributed by atoms with Crippen molar-refractivity contribution in [2.75, 3.05) is 26.4 Å². The molecule has 2 aromatic rings. The van der Waals surface area contributed by atoms with Gasteiger partial charge in [-0.1, -0.05) is 36.4 Å². The SMILES string of the molecule is CCOCCOCC.O=C(O)c1ccccc1.O=C(O)c1ccccc1. The number of rotatable bonds is 7. The quantitative estimate of drug-likeness (QED) is 0.727. The summed E-state index contributed by atoms with van der Waals surface area (Å²) in [5.74, 6) is -1.76. The molecule has 6 heteroatoms. The van der Waals surface area contributed by atoms with Crippen molar-refractivity contribution in [3.63, 3.8) is 0 Å². The lowest BCUT2D eigenvalue weighted by molar-refractivity contribution is 0.0584. The summed E-state index contributed by atoms with van der Waals surface area (Å²) in [6.07, 6.45) is 0. The van der Waals surface area contributed by atoms with Crippen LogP contribution in [0.3, 0.4) is 0 Å². The third-order valence-electron chi connectivity index (χ3n) is 2.82. The molecule has 0 bridgehead atoms. The summed E-state index contributed by atoms with van der Waals surface area (Å²) in [7, 11) is 0. The summed E-state index contributed by atoms with van der Waals surface area (Å²) in [4.78, 5) is 20.4. The molecule has 2 N–H and O–H groups in total. The van der Waals surface area contributed by atoms with Crippen molar-refractivity contribution < 1.29 is 29.3 Å². The molecule has 0 saturated heterocycles. The highest BCUT2D eigenvalue weighted by Crippen LogP contribution is 1.96. The van der Waals surface area contributed by atoms with E-state index in [0.717, 1.165) is 26.4 Å². The molecule has 0 amide bonds. The highest BCUT2D eigenvalue weighted by molar-refractivity contribution is 5.87. The average Bonchev–Trinajstić information content (AvgIpc) is 2.68. The highest BCUT2D eigenvalue weighted by atomic mass is 16.5. The van der Waals surface area contributed by atoms with Crippen LogP contribution in [0, 0.1) is 0 Å². The van der Waals surface area contributed by atoms with E-state index in [1.54, 1.807) is 60.7 Å². The molecule has 26 heavy (non-hydrogen) atoms. The molecule has 0 unspecified atom stereocenters. The van der Waals surface area contributed by atoms with Crippen LogP contribution in [-0.2, 0) is 9.47 Å². The van der Waals surface area contributed by atoms with Crippen LogP contribution in [-0.4, -0.2) is 48.6 Å². The lowest BCUT2D eigenvalue weighted by atomic mass is 10.2. The maximum atomic E-state index is 10.2. The van der Waals surface area contributed by atoms with Crippen molar-refractivity contribution in [1.29, 1.82) is 0 Å². The van der Waals surface area contributed by atoms with Crippen molar-refractivity contribution in [2.24, 2.45) is 0 Å². The second-order valence-electron chi connectivity index (χ2n) is 4.74. The molecule has 6 nitrogen and oxygen atoms in total. The van der Waals surface area contributed by atoms with Gasteiger partial charge in [0.05, 0.1) is 24.3 Å². The first kappa shape index (κ1) is 23.3. The Balaban J connectivity index is 0.000000362. The summed E-state index contributed by atoms with van der Waals surface area (Å²) in [6, 6.07) is 16.6. The molecule has 2 rings (SSSR count). The molecule has 0 atom stereocenters. The molecule has 142 valence electrons. The van der Waals surface area contributed by atoms with Crippen molar-refractivity contribution >= 4 is 11.9 Å². The van der Waals surface area contributed by atoms with Gasteiger partial charge in [-0.2, -0.15) is 0 Å². The largest absolute Gasteiger partial charge is 0.478 e. The summed E-state index contributed by atoms with van der Waals surface area (Å²) < 4.78 is 10.0. The van der Waals surface area contributed by atoms with Crippen LogP contribution in [0.1, 0.15) is 34.6 Å². The van der Waals surface area contributed by atoms with Gasteiger partial charge in [-0.25, -0.2) is 9.59 Å². The lowest BCUT2D eigenvalue weighted by Crippen LogP contribution is -2.02. The number of ether oxygens (including phenoxy) is 2. The fraction of sp³-hybridized carbons (Fsp3) is 0.300. The fourth-order valence-electron chi connectivity index (χ4n) is 1.57. The Morgan fingerprint density at radius 3 is 1.19 bits per heavy atom. The van der Waals surface area contributed by atoms with Gasteiger partial charge in [0.15, 0.2) is 0 Å². The van der Waals surface area contributed by atoms with Crippen molar-refractivity contribution in [3.05, 3.63) is 71.8 Å². The van der Waals surface area contributed by atoms with Crippen LogP contribution in [0.2, 0.25) is 0 Å². The van der Waals surface area contributed by atoms with E-state index in [1.807, 2.05) is 13.8 Å². The molecule has 0 heterocycles. The van der Waals surface area contributed by atoms with Crippen molar-refractivity contribution in [1.82, 2.24) is 0 Å². The first-order valence-corrected chi connectivity index (χ1v) is 8.25. The zero-order valence-electron chi connectivity index (χ0n) is 15.1. The van der Waals surface area contributed by atoms with Crippen LogP contribution >= 0.6 is 0 Å². The highest BCUT2D eigenvalue weighted by Gasteiger charge is 1.97. The number of carbonyl (C=O) groups is 2. The molecule has 0 saturated carbocycles. The lowest BCUT2D eigenvalue weighted by Gasteiger charge is -1.99. The van der Waals surface area contributed by atoms with Gasteiger partial charge in [-0.15, -0.1) is 0 Å². The van der Waals surface area contributed by atoms with Gasteiger partial charge in [-0.3, -0.25) is 0 Å². The maximum Gasteiger partial charge on any atom is 0.335 e. The predicted molar refractivity (Wildman–Crippen MR) is 99.8 cm³/mol. The molecule has 0 fully saturated rings. The summed E-state index contributed by atoms with van der Waals surface area (Å²) in [5, 5.41) is 16.8. The third kappa shape index (κ3) is 12.7. The van der Waals surface area contributed by atoms with Gasteiger partial charge < -0.3 is 19.7 Å². The van der Waals surface area contributed by atoms with Gasteiger partial charge in [0.2, 0.25) is 0 Å². The molecular weight excluding hydrogens is 336 g/mol. The Hall–Kier alpha value is -2.70. The van der Waals surface area contributed by atoms with Crippen LogP contribution in [0.15, 0.2) is 60.7 Å². The number of aromatic carboxylic acids is 2. The minimum absolute atomic E-state index is 0.331. The van der Waals surface area contributed by atoms with E-state index >= 15 is 0 Å². The summed E-state index contributed by atoms with van der Waals surface area (Å²) in [5.41, 5.74) is 0.662. The first-order chi connectivity index (χ1) is 12.5. The second kappa shape index (κ2) is 15.8. The molecule has 0 aliphatic rings. The monoisotopic (exact) mass is 362 g/mol. The minimum atomic E-state index is -0.879.